The minimum atomic E-state index is -0.625. The number of para-hydroxylation sites is 3. The number of carbonyl (C=O) groups excluding carboxylic acids is 5. The Morgan fingerprint density at radius 3 is 1.27 bits per heavy atom. The highest BCUT2D eigenvalue weighted by atomic mass is 32.1. The second-order valence-electron chi connectivity index (χ2n) is 22.2. The van der Waals surface area contributed by atoms with E-state index in [-0.39, 0.29) is 52.7 Å². The molecule has 0 bridgehead atoms. The Bertz CT molecular complexity index is 4350. The Morgan fingerprint density at radius 2 is 0.879 bits per heavy atom. The molecule has 0 atom stereocenters. The fourth-order valence-electron chi connectivity index (χ4n) is 11.8. The van der Waals surface area contributed by atoms with Gasteiger partial charge in [-0.15, -0.1) is 34.0 Å². The number of aryl methyl sites for hydroxylation is 3. The van der Waals surface area contributed by atoms with Crippen molar-refractivity contribution in [3.63, 3.8) is 0 Å². The number of pyridine rings is 3. The molecule has 9 aromatic rings. The van der Waals surface area contributed by atoms with Gasteiger partial charge in [-0.2, -0.15) is 0 Å². The van der Waals surface area contributed by atoms with Gasteiger partial charge in [-0.3, -0.25) is 38.9 Å². The van der Waals surface area contributed by atoms with Crippen LogP contribution in [-0.2, 0) is 53.0 Å². The number of carbonyl (C=O) groups is 5. The number of fused-ring (bicyclic) bond motifs is 3. The van der Waals surface area contributed by atoms with Crippen LogP contribution in [0.15, 0.2) is 140 Å². The second kappa shape index (κ2) is 28.6. The summed E-state index contributed by atoms with van der Waals surface area (Å²) in [5.41, 5.74) is 2.01. The van der Waals surface area contributed by atoms with E-state index in [0.29, 0.717) is 124 Å². The second-order valence-corrected chi connectivity index (χ2v) is 25.2. The number of ether oxygens (including phenoxy) is 2. The molecular weight excluding hydrogens is 1220 g/mol. The van der Waals surface area contributed by atoms with Crippen molar-refractivity contribution in [3.05, 3.63) is 192 Å². The first-order valence-corrected chi connectivity index (χ1v) is 32.6. The summed E-state index contributed by atoms with van der Waals surface area (Å²) in [7, 11) is 4.87. The highest BCUT2D eigenvalue weighted by molar-refractivity contribution is 7.12. The SMILES string of the molecule is CC(C)OC(=O)c1c(N2CCN(C(=O)c3cccs3)CC2)c2ccccc2n(C)c1=O.CCOC(=O)c1c(N2CCN(C(=O)Cc3cccs3)CC2)c2ccccc2n(C)c1=O.Cn1c(=O)c([N+](=O)[O-])c(N2CCN(C(=O)Cc3cccs3)CC2)c2ccccc21. The van der Waals surface area contributed by atoms with Gasteiger partial charge in [0.25, 0.3) is 17.0 Å². The lowest BCUT2D eigenvalue weighted by Gasteiger charge is -2.37. The topological polar surface area (TPSA) is 232 Å². The van der Waals surface area contributed by atoms with Gasteiger partial charge in [0.05, 0.1) is 63.3 Å². The molecule has 9 heterocycles. The number of rotatable bonds is 13. The van der Waals surface area contributed by atoms with Crippen LogP contribution in [0.3, 0.4) is 0 Å². The number of thiophene rings is 3. The normalized spacial score (nSPS) is 14.3. The fraction of sp³-hybridized carbons (Fsp3) is 0.333. The number of aromatic nitrogens is 3. The molecule has 3 aliphatic rings. The highest BCUT2D eigenvalue weighted by Gasteiger charge is 2.34. The lowest BCUT2D eigenvalue weighted by molar-refractivity contribution is -0.385. The van der Waals surface area contributed by atoms with Crippen molar-refractivity contribution in [3.8, 4) is 0 Å². The summed E-state index contributed by atoms with van der Waals surface area (Å²) in [6, 6.07) is 33.8. The number of nitrogens with zero attached hydrogens (tertiary/aromatic N) is 10. The minimum absolute atomic E-state index is 0.0166. The molecule has 0 aliphatic carbocycles. The zero-order valence-corrected chi connectivity index (χ0v) is 53.9. The minimum Gasteiger partial charge on any atom is -0.462 e. The van der Waals surface area contributed by atoms with E-state index in [4.69, 9.17) is 9.47 Å². The molecule has 3 amide bonds. The van der Waals surface area contributed by atoms with Gasteiger partial charge >= 0.3 is 23.2 Å². The largest absolute Gasteiger partial charge is 0.462 e. The number of esters is 2. The Morgan fingerprint density at radius 1 is 0.495 bits per heavy atom. The number of nitro groups is 1. The van der Waals surface area contributed by atoms with Crippen molar-refractivity contribution in [1.29, 1.82) is 0 Å². The Kier molecular flexibility index (Phi) is 20.3. The summed E-state index contributed by atoms with van der Waals surface area (Å²) in [6.45, 7) is 11.5. The van der Waals surface area contributed by atoms with Crippen molar-refractivity contribution in [1.82, 2.24) is 28.4 Å². The molecule has 91 heavy (non-hydrogen) atoms. The molecule has 3 fully saturated rings. The van der Waals surface area contributed by atoms with Crippen molar-refractivity contribution in [2.45, 2.75) is 39.7 Å². The molecule has 0 saturated carbocycles. The molecule has 474 valence electrons. The van der Waals surface area contributed by atoms with E-state index in [1.165, 1.54) is 25.0 Å². The first-order valence-electron chi connectivity index (χ1n) is 29.9. The van der Waals surface area contributed by atoms with E-state index in [9.17, 15) is 48.5 Å². The van der Waals surface area contributed by atoms with Gasteiger partial charge in [0.15, 0.2) is 0 Å². The number of piperazine rings is 3. The first-order chi connectivity index (χ1) is 43.9. The van der Waals surface area contributed by atoms with Crippen LogP contribution in [0, 0.1) is 10.1 Å². The standard InChI is InChI=1S/2C23H25N3O4S.C20H20N4O4S/c1-15(2)30-23(29)19-20(16-7-4-5-8-17(16)24(3)22(19)28)25-10-12-26(13-11-25)21(27)18-9-6-14-31-18;1-3-30-23(29)20-21(17-8-4-5-9-18(17)24(2)22(20)28)26-12-10-25(11-13-26)19(27)15-16-7-6-14-31-16;1-21-16-7-3-2-6-15(16)18(19(20(21)26)24(27)28)23-10-8-22(9-11-23)17(25)13-14-5-4-12-29-14/h4-9,14-15H,10-13H2,1-3H3;4-9,14H,3,10-13,15H2,1-2H3;2-7,12H,8-11,13H2,1H3. The van der Waals surface area contributed by atoms with Crippen molar-refractivity contribution in [2.75, 3.05) is 99.8 Å². The molecule has 3 saturated heterocycles. The number of benzene rings is 3. The number of hydrogen-bond acceptors (Lipinski definition) is 18. The summed E-state index contributed by atoms with van der Waals surface area (Å²) in [5.74, 6) is -1.06. The molecule has 25 heteroatoms. The van der Waals surface area contributed by atoms with E-state index in [1.807, 2.05) is 126 Å². The number of anilines is 3. The van der Waals surface area contributed by atoms with Crippen LogP contribution in [0.4, 0.5) is 22.7 Å². The Hall–Kier alpha value is -9.46. The van der Waals surface area contributed by atoms with Crippen LogP contribution in [-0.4, -0.2) is 154 Å². The molecular formula is C66H70N10O12S3. The van der Waals surface area contributed by atoms with Gasteiger partial charge in [-0.05, 0) is 73.3 Å². The molecule has 0 radical (unpaired) electrons. The molecule has 22 nitrogen and oxygen atoms in total. The van der Waals surface area contributed by atoms with E-state index in [0.717, 1.165) is 31.6 Å². The van der Waals surface area contributed by atoms with Crippen LogP contribution in [0.1, 0.15) is 60.9 Å². The number of hydrogen-bond donors (Lipinski definition) is 0. The van der Waals surface area contributed by atoms with Crippen molar-refractivity contribution >= 4 is 119 Å². The zero-order valence-electron chi connectivity index (χ0n) is 51.4. The molecule has 3 aliphatic heterocycles. The van der Waals surface area contributed by atoms with Crippen molar-refractivity contribution in [2.24, 2.45) is 21.1 Å². The smallest absolute Gasteiger partial charge is 0.357 e. The van der Waals surface area contributed by atoms with Gasteiger partial charge < -0.3 is 52.6 Å². The van der Waals surface area contributed by atoms with Gasteiger partial charge in [-0.25, -0.2) is 9.59 Å². The monoisotopic (exact) mass is 1290 g/mol. The van der Waals surface area contributed by atoms with Gasteiger partial charge in [-0.1, -0.05) is 72.8 Å². The first kappa shape index (κ1) is 64.5. The summed E-state index contributed by atoms with van der Waals surface area (Å²) in [6.07, 6.45) is 0.435. The molecule has 0 spiro atoms. The Labute approximate surface area is 536 Å². The third kappa shape index (κ3) is 13.8. The average molecular weight is 1290 g/mol. The Balaban J connectivity index is 0.000000150. The summed E-state index contributed by atoms with van der Waals surface area (Å²) < 4.78 is 14.9. The van der Waals surface area contributed by atoms with E-state index in [1.54, 1.807) is 93.8 Å². The maximum absolute atomic E-state index is 13.2. The molecule has 0 unspecified atom stereocenters. The number of amides is 3. The third-order valence-electron chi connectivity index (χ3n) is 16.3. The van der Waals surface area contributed by atoms with Crippen LogP contribution in [0.5, 0.6) is 0 Å². The summed E-state index contributed by atoms with van der Waals surface area (Å²) >= 11 is 4.56. The lowest BCUT2D eigenvalue weighted by Crippen LogP contribution is -2.50. The van der Waals surface area contributed by atoms with Crippen LogP contribution < -0.4 is 31.4 Å². The van der Waals surface area contributed by atoms with E-state index >= 15 is 0 Å². The van der Waals surface area contributed by atoms with Crippen LogP contribution in [0.25, 0.3) is 32.7 Å². The quantitative estimate of drug-likeness (QED) is 0.0601. The highest BCUT2D eigenvalue weighted by Crippen LogP contribution is 2.36. The predicted molar refractivity (Wildman–Crippen MR) is 357 cm³/mol. The van der Waals surface area contributed by atoms with Crippen molar-refractivity contribution < 1.29 is 38.4 Å². The lowest BCUT2D eigenvalue weighted by atomic mass is 10.1. The third-order valence-corrected chi connectivity index (χ3v) is 18.9. The average Bonchev–Trinajstić information content (AvgIpc) is 1.32. The van der Waals surface area contributed by atoms with Gasteiger partial charge in [0.2, 0.25) is 11.8 Å². The van der Waals surface area contributed by atoms with Gasteiger partial charge in [0.1, 0.15) is 16.8 Å². The summed E-state index contributed by atoms with van der Waals surface area (Å²) in [5, 5.41) is 19.8. The maximum Gasteiger partial charge on any atom is 0.357 e. The molecule has 6 aromatic heterocycles. The summed E-state index contributed by atoms with van der Waals surface area (Å²) in [4.78, 5) is 128. The van der Waals surface area contributed by atoms with Crippen LogP contribution in [0.2, 0.25) is 0 Å². The van der Waals surface area contributed by atoms with E-state index < -0.39 is 28.1 Å². The molecule has 12 rings (SSSR count). The van der Waals surface area contributed by atoms with Crippen LogP contribution >= 0.6 is 34.0 Å². The maximum atomic E-state index is 13.2. The fourth-order valence-corrected chi connectivity index (χ4v) is 13.9. The molecule has 3 aromatic carbocycles. The van der Waals surface area contributed by atoms with Gasteiger partial charge in [0, 0.05) is 126 Å². The predicted octanol–water partition coefficient (Wildman–Crippen LogP) is 8.20. The molecule has 0 N–H and O–H groups in total. The van der Waals surface area contributed by atoms with E-state index in [2.05, 4.69) is 0 Å². The zero-order chi connectivity index (χ0) is 64.6.